The minimum absolute atomic E-state index is 0.0921. The van der Waals surface area contributed by atoms with Crippen LogP contribution in [0.15, 0.2) is 0 Å². The molecular formula is C10H13N3O4. The van der Waals surface area contributed by atoms with Crippen molar-refractivity contribution in [2.75, 3.05) is 13.1 Å². The van der Waals surface area contributed by atoms with Gasteiger partial charge in [0.15, 0.2) is 0 Å². The van der Waals surface area contributed by atoms with Crippen molar-refractivity contribution in [3.05, 3.63) is 0 Å². The van der Waals surface area contributed by atoms with E-state index < -0.39 is 24.4 Å². The predicted octanol–water partition coefficient (Wildman–Crippen LogP) is 0.0437. The number of carboxylic acid groups (broad SMARTS) is 2. The van der Waals surface area contributed by atoms with E-state index in [9.17, 15) is 9.59 Å². The fraction of sp³-hybridized carbons (Fsp3) is 0.600. The summed E-state index contributed by atoms with van der Waals surface area (Å²) in [5, 5.41) is 34.4. The monoisotopic (exact) mass is 239 g/mol. The summed E-state index contributed by atoms with van der Waals surface area (Å²) in [6.45, 7) is 0.283. The lowest BCUT2D eigenvalue weighted by molar-refractivity contribution is -0.149. The minimum atomic E-state index is -1.26. The van der Waals surface area contributed by atoms with E-state index >= 15 is 0 Å². The fourth-order valence-corrected chi connectivity index (χ4v) is 1.35. The molecule has 17 heavy (non-hydrogen) atoms. The fourth-order valence-electron chi connectivity index (χ4n) is 1.35. The number of nitriles is 2. The van der Waals surface area contributed by atoms with E-state index in [1.165, 1.54) is 4.90 Å². The molecule has 0 aromatic carbocycles. The first kappa shape index (κ1) is 14.9. The second-order valence-corrected chi connectivity index (χ2v) is 3.30. The van der Waals surface area contributed by atoms with Crippen molar-refractivity contribution < 1.29 is 19.8 Å². The van der Waals surface area contributed by atoms with E-state index in [1.54, 1.807) is 0 Å². The molecule has 0 aliphatic carbocycles. The molecule has 0 radical (unpaired) electrons. The first-order valence-corrected chi connectivity index (χ1v) is 4.95. The molecule has 0 rings (SSSR count). The first-order valence-electron chi connectivity index (χ1n) is 4.95. The smallest absolute Gasteiger partial charge is 0.321 e. The molecule has 7 nitrogen and oxygen atoms in total. The van der Waals surface area contributed by atoms with Crippen molar-refractivity contribution in [1.29, 1.82) is 10.5 Å². The Labute approximate surface area is 98.5 Å². The maximum absolute atomic E-state index is 10.9. The normalized spacial score (nSPS) is 11.5. The van der Waals surface area contributed by atoms with Crippen molar-refractivity contribution in [2.24, 2.45) is 0 Å². The summed E-state index contributed by atoms with van der Waals surface area (Å²) in [5.74, 6) is -2.49. The molecule has 0 saturated heterocycles. The van der Waals surface area contributed by atoms with Gasteiger partial charge in [0.1, 0.15) is 6.04 Å². The molecular weight excluding hydrogens is 226 g/mol. The lowest BCUT2D eigenvalue weighted by atomic mass is 10.1. The lowest BCUT2D eigenvalue weighted by Crippen LogP contribution is -2.43. The van der Waals surface area contributed by atoms with Crippen LogP contribution in [0.1, 0.15) is 19.3 Å². The van der Waals surface area contributed by atoms with Gasteiger partial charge < -0.3 is 10.2 Å². The van der Waals surface area contributed by atoms with Crippen molar-refractivity contribution in [3.8, 4) is 12.1 Å². The zero-order valence-corrected chi connectivity index (χ0v) is 9.17. The first-order chi connectivity index (χ1) is 8.02. The standard InChI is InChI=1S/C10H13N3O4/c11-3-1-5-13(6-2-4-12)8(10(16)17)7-9(14)15/h8H,1-2,5-7H2,(H,14,15)(H,16,17)/t8-/m0/s1. The molecule has 0 aromatic heterocycles. The largest absolute Gasteiger partial charge is 0.481 e. The Morgan fingerprint density at radius 2 is 1.59 bits per heavy atom. The average Bonchev–Trinajstić information content (AvgIpc) is 2.26. The second-order valence-electron chi connectivity index (χ2n) is 3.30. The topological polar surface area (TPSA) is 125 Å². The number of carboxylic acids is 2. The molecule has 0 bridgehead atoms. The highest BCUT2D eigenvalue weighted by Gasteiger charge is 2.27. The summed E-state index contributed by atoms with van der Waals surface area (Å²) in [4.78, 5) is 22.8. The van der Waals surface area contributed by atoms with E-state index in [-0.39, 0.29) is 25.9 Å². The Morgan fingerprint density at radius 1 is 1.12 bits per heavy atom. The van der Waals surface area contributed by atoms with Crippen molar-refractivity contribution in [3.63, 3.8) is 0 Å². The summed E-state index contributed by atoms with van der Waals surface area (Å²) >= 11 is 0. The molecule has 0 aromatic rings. The van der Waals surface area contributed by atoms with Crippen molar-refractivity contribution in [1.82, 2.24) is 4.90 Å². The van der Waals surface area contributed by atoms with Crippen LogP contribution in [0, 0.1) is 22.7 Å². The summed E-state index contributed by atoms with van der Waals surface area (Å²) in [7, 11) is 0. The minimum Gasteiger partial charge on any atom is -0.481 e. The number of hydrogen-bond acceptors (Lipinski definition) is 5. The van der Waals surface area contributed by atoms with Crippen molar-refractivity contribution in [2.45, 2.75) is 25.3 Å². The number of aliphatic carboxylic acids is 2. The van der Waals surface area contributed by atoms with Crippen LogP contribution in [-0.4, -0.2) is 46.2 Å². The molecule has 7 heteroatoms. The van der Waals surface area contributed by atoms with Gasteiger partial charge in [0.25, 0.3) is 0 Å². The predicted molar refractivity (Wildman–Crippen MR) is 55.7 cm³/mol. The Bertz CT molecular complexity index is 338. The molecule has 0 fully saturated rings. The maximum atomic E-state index is 10.9. The maximum Gasteiger partial charge on any atom is 0.321 e. The molecule has 0 aliphatic rings. The van der Waals surface area contributed by atoms with Gasteiger partial charge in [0.05, 0.1) is 18.6 Å². The van der Waals surface area contributed by atoms with Crippen LogP contribution in [0.3, 0.4) is 0 Å². The molecule has 0 amide bonds. The van der Waals surface area contributed by atoms with E-state index in [1.807, 2.05) is 12.1 Å². The van der Waals surface area contributed by atoms with Gasteiger partial charge in [-0.1, -0.05) is 0 Å². The average molecular weight is 239 g/mol. The summed E-state index contributed by atoms with van der Waals surface area (Å²) in [6, 6.07) is 2.51. The van der Waals surface area contributed by atoms with Crippen LogP contribution in [0.5, 0.6) is 0 Å². The highest BCUT2D eigenvalue weighted by Crippen LogP contribution is 2.07. The molecule has 1 atom stereocenters. The molecule has 0 heterocycles. The van der Waals surface area contributed by atoms with Crippen molar-refractivity contribution >= 4 is 11.9 Å². The van der Waals surface area contributed by atoms with Gasteiger partial charge in [-0.15, -0.1) is 0 Å². The molecule has 0 spiro atoms. The van der Waals surface area contributed by atoms with Crippen LogP contribution in [-0.2, 0) is 9.59 Å². The Morgan fingerprint density at radius 3 is 1.88 bits per heavy atom. The van der Waals surface area contributed by atoms with E-state index in [2.05, 4.69) is 0 Å². The quantitative estimate of drug-likeness (QED) is 0.612. The van der Waals surface area contributed by atoms with Crippen LogP contribution in [0.2, 0.25) is 0 Å². The highest BCUT2D eigenvalue weighted by molar-refractivity contribution is 5.80. The summed E-state index contributed by atoms with van der Waals surface area (Å²) in [5.41, 5.74) is 0. The molecule has 92 valence electrons. The number of rotatable bonds is 8. The zero-order chi connectivity index (χ0) is 13.3. The second kappa shape index (κ2) is 8.08. The van der Waals surface area contributed by atoms with Gasteiger partial charge in [-0.25, -0.2) is 0 Å². The van der Waals surface area contributed by atoms with Gasteiger partial charge >= 0.3 is 11.9 Å². The zero-order valence-electron chi connectivity index (χ0n) is 9.17. The van der Waals surface area contributed by atoms with E-state index in [0.29, 0.717) is 0 Å². The van der Waals surface area contributed by atoms with Crippen LogP contribution >= 0.6 is 0 Å². The van der Waals surface area contributed by atoms with Gasteiger partial charge in [-0.3, -0.25) is 14.5 Å². The Hall–Kier alpha value is -2.12. The summed E-state index contributed by atoms with van der Waals surface area (Å²) in [6.07, 6.45) is -0.365. The van der Waals surface area contributed by atoms with Gasteiger partial charge in [0.2, 0.25) is 0 Å². The number of nitrogens with zero attached hydrogens (tertiary/aromatic N) is 3. The van der Waals surface area contributed by atoms with E-state index in [0.717, 1.165) is 0 Å². The third-order valence-corrected chi connectivity index (χ3v) is 2.12. The van der Waals surface area contributed by atoms with Gasteiger partial charge in [-0.05, 0) is 0 Å². The molecule has 2 N–H and O–H groups in total. The molecule has 0 saturated carbocycles. The lowest BCUT2D eigenvalue weighted by Gasteiger charge is -2.25. The third-order valence-electron chi connectivity index (χ3n) is 2.12. The number of carbonyl (C=O) groups is 2. The van der Waals surface area contributed by atoms with Gasteiger partial charge in [0, 0.05) is 25.9 Å². The van der Waals surface area contributed by atoms with Crippen LogP contribution in [0.25, 0.3) is 0 Å². The molecule has 0 unspecified atom stereocenters. The SMILES string of the molecule is N#CCCN(CCC#N)[C@@H](CC(=O)O)C(=O)O. The third kappa shape index (κ3) is 6.13. The highest BCUT2D eigenvalue weighted by atomic mass is 16.4. The number of hydrogen-bond donors (Lipinski definition) is 2. The van der Waals surface area contributed by atoms with Crippen LogP contribution in [0.4, 0.5) is 0 Å². The Kier molecular flexibility index (Phi) is 7.07. The Balaban J connectivity index is 4.68. The molecule has 0 aliphatic heterocycles. The van der Waals surface area contributed by atoms with Gasteiger partial charge in [-0.2, -0.15) is 10.5 Å². The summed E-state index contributed by atoms with van der Waals surface area (Å²) < 4.78 is 0. The van der Waals surface area contributed by atoms with Crippen LogP contribution < -0.4 is 0 Å². The van der Waals surface area contributed by atoms with E-state index in [4.69, 9.17) is 20.7 Å².